The number of halogens is 3. The van der Waals surface area contributed by atoms with Gasteiger partial charge in [-0.05, 0) is 25.3 Å². The number of nitrogens with zero attached hydrogens (tertiary/aromatic N) is 1. The van der Waals surface area contributed by atoms with Crippen LogP contribution in [0.2, 0.25) is 0 Å². The van der Waals surface area contributed by atoms with Crippen LogP contribution in [0, 0.1) is 0 Å². The number of nitrogens with two attached hydrogens (primary N) is 1. The number of nitrogens with one attached hydrogen (secondary N) is 1. The first kappa shape index (κ1) is 15.6. The Bertz CT molecular complexity index is 498. The molecule has 5 nitrogen and oxygen atoms in total. The van der Waals surface area contributed by atoms with Gasteiger partial charge in [0, 0.05) is 18.0 Å². The Hall–Kier alpha value is -1.83. The maximum absolute atomic E-state index is 12.0. The Morgan fingerprint density at radius 2 is 2.14 bits per heavy atom. The van der Waals surface area contributed by atoms with Crippen LogP contribution in [0.1, 0.15) is 25.7 Å². The van der Waals surface area contributed by atoms with Gasteiger partial charge < -0.3 is 15.8 Å². The lowest BCUT2D eigenvalue weighted by molar-refractivity contribution is -0.154. The van der Waals surface area contributed by atoms with Gasteiger partial charge in [-0.3, -0.25) is 4.79 Å². The number of rotatable bonds is 5. The molecule has 0 aromatic carbocycles. The van der Waals surface area contributed by atoms with E-state index in [-0.39, 0.29) is 18.2 Å². The van der Waals surface area contributed by atoms with Crippen LogP contribution in [0.15, 0.2) is 18.3 Å². The summed E-state index contributed by atoms with van der Waals surface area (Å²) >= 11 is 0. The van der Waals surface area contributed by atoms with Gasteiger partial charge in [0.15, 0.2) is 6.61 Å². The van der Waals surface area contributed by atoms with Gasteiger partial charge in [0.05, 0.1) is 11.9 Å². The fourth-order valence-corrected chi connectivity index (χ4v) is 2.03. The standard InChI is InChI=1S/C13H16F3N3O2/c14-13(15,16)8-21-11-3-2-9(7-18-11)19-10(20)6-12(17)4-1-5-12/h2-3,7H,1,4-6,8,17H2,(H,19,20). The van der Waals surface area contributed by atoms with Crippen LogP contribution in [-0.2, 0) is 4.79 Å². The zero-order valence-corrected chi connectivity index (χ0v) is 11.2. The molecule has 1 aliphatic carbocycles. The lowest BCUT2D eigenvalue weighted by atomic mass is 9.75. The van der Waals surface area contributed by atoms with Crippen molar-refractivity contribution in [1.82, 2.24) is 4.98 Å². The van der Waals surface area contributed by atoms with Gasteiger partial charge in [-0.2, -0.15) is 13.2 Å². The molecule has 0 atom stereocenters. The third kappa shape index (κ3) is 4.89. The third-order valence-electron chi connectivity index (χ3n) is 3.27. The minimum atomic E-state index is -4.41. The average Bonchev–Trinajstić information content (AvgIpc) is 2.35. The minimum Gasteiger partial charge on any atom is -0.468 e. The highest BCUT2D eigenvalue weighted by atomic mass is 19.4. The number of pyridine rings is 1. The molecule has 1 saturated carbocycles. The summed E-state index contributed by atoms with van der Waals surface area (Å²) < 4.78 is 40.4. The van der Waals surface area contributed by atoms with Gasteiger partial charge in [0.25, 0.3) is 0 Å². The molecule has 0 saturated heterocycles. The number of aromatic nitrogens is 1. The number of hydrogen-bond acceptors (Lipinski definition) is 4. The summed E-state index contributed by atoms with van der Waals surface area (Å²) in [7, 11) is 0. The van der Waals surface area contributed by atoms with Gasteiger partial charge in [0.1, 0.15) is 0 Å². The molecule has 3 N–H and O–H groups in total. The van der Waals surface area contributed by atoms with E-state index in [1.54, 1.807) is 0 Å². The summed E-state index contributed by atoms with van der Waals surface area (Å²) in [5, 5.41) is 2.61. The van der Waals surface area contributed by atoms with E-state index in [0.717, 1.165) is 19.3 Å². The van der Waals surface area contributed by atoms with Gasteiger partial charge in [-0.25, -0.2) is 4.98 Å². The van der Waals surface area contributed by atoms with Crippen molar-refractivity contribution < 1.29 is 22.7 Å². The molecule has 0 spiro atoms. The molecule has 0 aliphatic heterocycles. The Kier molecular flexibility index (Phi) is 4.36. The number of anilines is 1. The van der Waals surface area contributed by atoms with Crippen molar-refractivity contribution in [1.29, 1.82) is 0 Å². The molecule has 0 unspecified atom stereocenters. The number of amides is 1. The van der Waals surface area contributed by atoms with Gasteiger partial charge in [0.2, 0.25) is 11.8 Å². The van der Waals surface area contributed by atoms with Crippen LogP contribution >= 0.6 is 0 Å². The Labute approximate surface area is 119 Å². The summed E-state index contributed by atoms with van der Waals surface area (Å²) in [6.45, 7) is -1.40. The van der Waals surface area contributed by atoms with Crippen molar-refractivity contribution >= 4 is 11.6 Å². The lowest BCUT2D eigenvalue weighted by Crippen LogP contribution is -2.48. The SMILES string of the molecule is NC1(CC(=O)Nc2ccc(OCC(F)(F)F)nc2)CCC1. The topological polar surface area (TPSA) is 77.2 Å². The van der Waals surface area contributed by atoms with Crippen LogP contribution in [-0.4, -0.2) is 29.2 Å². The second-order valence-corrected chi connectivity index (χ2v) is 5.23. The first-order valence-electron chi connectivity index (χ1n) is 6.50. The van der Waals surface area contributed by atoms with Crippen LogP contribution in [0.3, 0.4) is 0 Å². The van der Waals surface area contributed by atoms with Crippen LogP contribution < -0.4 is 15.8 Å². The van der Waals surface area contributed by atoms with Crippen LogP contribution in [0.25, 0.3) is 0 Å². The van der Waals surface area contributed by atoms with Gasteiger partial charge in [-0.1, -0.05) is 0 Å². The Balaban J connectivity index is 1.83. The van der Waals surface area contributed by atoms with E-state index in [2.05, 4.69) is 15.0 Å². The molecule has 1 aromatic rings. The van der Waals surface area contributed by atoms with Crippen molar-refractivity contribution in [2.75, 3.05) is 11.9 Å². The first-order chi connectivity index (χ1) is 9.76. The summed E-state index contributed by atoms with van der Waals surface area (Å²) in [5.74, 6) is -0.387. The molecule has 1 amide bonds. The quantitative estimate of drug-likeness (QED) is 0.874. The van der Waals surface area contributed by atoms with E-state index in [0.29, 0.717) is 5.69 Å². The minimum absolute atomic E-state index is 0.153. The average molecular weight is 303 g/mol. The fourth-order valence-electron chi connectivity index (χ4n) is 2.03. The number of carbonyl (C=O) groups excluding carboxylic acids is 1. The number of ether oxygens (including phenoxy) is 1. The Morgan fingerprint density at radius 3 is 2.62 bits per heavy atom. The van der Waals surface area contributed by atoms with E-state index >= 15 is 0 Å². The van der Waals surface area contributed by atoms with Gasteiger partial charge in [-0.15, -0.1) is 0 Å². The maximum Gasteiger partial charge on any atom is 0.422 e. The van der Waals surface area contributed by atoms with E-state index in [9.17, 15) is 18.0 Å². The van der Waals surface area contributed by atoms with Crippen LogP contribution in [0.4, 0.5) is 18.9 Å². The van der Waals surface area contributed by atoms with Crippen molar-refractivity contribution in [2.24, 2.45) is 5.73 Å². The molecule has 1 fully saturated rings. The molecule has 1 aliphatic rings. The summed E-state index contributed by atoms with van der Waals surface area (Å²) in [6, 6.07) is 2.70. The first-order valence-corrected chi connectivity index (χ1v) is 6.50. The molecule has 116 valence electrons. The van der Waals surface area contributed by atoms with E-state index in [1.807, 2.05) is 0 Å². The summed E-state index contributed by atoms with van der Waals surface area (Å²) in [4.78, 5) is 15.5. The molecule has 1 aromatic heterocycles. The van der Waals surface area contributed by atoms with Crippen molar-refractivity contribution in [2.45, 2.75) is 37.4 Å². The largest absolute Gasteiger partial charge is 0.468 e. The van der Waals surface area contributed by atoms with E-state index in [1.165, 1.54) is 18.3 Å². The highest BCUT2D eigenvalue weighted by molar-refractivity contribution is 5.91. The van der Waals surface area contributed by atoms with Crippen molar-refractivity contribution in [3.63, 3.8) is 0 Å². The highest BCUT2D eigenvalue weighted by Gasteiger charge is 2.34. The number of alkyl halides is 3. The predicted octanol–water partition coefficient (Wildman–Crippen LogP) is 2.23. The van der Waals surface area contributed by atoms with Crippen molar-refractivity contribution in [3.05, 3.63) is 18.3 Å². The number of carbonyl (C=O) groups is 1. The fraction of sp³-hybridized carbons (Fsp3) is 0.538. The summed E-state index contributed by atoms with van der Waals surface area (Å²) in [5.41, 5.74) is 5.93. The smallest absolute Gasteiger partial charge is 0.422 e. The van der Waals surface area contributed by atoms with Crippen molar-refractivity contribution in [3.8, 4) is 5.88 Å². The highest BCUT2D eigenvalue weighted by Crippen LogP contribution is 2.32. The van der Waals surface area contributed by atoms with E-state index in [4.69, 9.17) is 5.73 Å². The molecule has 0 radical (unpaired) electrons. The van der Waals surface area contributed by atoms with Crippen LogP contribution in [0.5, 0.6) is 5.88 Å². The summed E-state index contributed by atoms with van der Waals surface area (Å²) in [6.07, 6.45) is -0.276. The molecule has 1 heterocycles. The normalized spacial score (nSPS) is 17.0. The van der Waals surface area contributed by atoms with E-state index < -0.39 is 18.3 Å². The van der Waals surface area contributed by atoms with Gasteiger partial charge >= 0.3 is 6.18 Å². The number of hydrogen-bond donors (Lipinski definition) is 2. The molecule has 0 bridgehead atoms. The second kappa shape index (κ2) is 5.88. The molecule has 8 heteroatoms. The zero-order chi connectivity index (χ0) is 15.5. The molecule has 21 heavy (non-hydrogen) atoms. The third-order valence-corrected chi connectivity index (χ3v) is 3.27. The zero-order valence-electron chi connectivity index (χ0n) is 11.2. The maximum atomic E-state index is 12.0. The predicted molar refractivity (Wildman–Crippen MR) is 69.8 cm³/mol. The lowest BCUT2D eigenvalue weighted by Gasteiger charge is -2.37. The monoisotopic (exact) mass is 303 g/mol. The molecular formula is C13H16F3N3O2. The Morgan fingerprint density at radius 1 is 1.43 bits per heavy atom. The molecular weight excluding hydrogens is 287 g/mol. The second-order valence-electron chi connectivity index (χ2n) is 5.23. The molecule has 2 rings (SSSR count).